The maximum Gasteiger partial charge on any atom is 0.227 e. The Balaban J connectivity index is 1.63. The normalized spacial score (nSPS) is 20.9. The van der Waals surface area contributed by atoms with E-state index in [0.717, 1.165) is 28.9 Å². The van der Waals surface area contributed by atoms with Crippen LogP contribution in [0.25, 0.3) is 0 Å². The van der Waals surface area contributed by atoms with Crippen LogP contribution in [0, 0.1) is 19.8 Å². The molecule has 23 heavy (non-hydrogen) atoms. The van der Waals surface area contributed by atoms with Gasteiger partial charge in [-0.15, -0.1) is 0 Å². The molecular weight excluding hydrogens is 292 g/mol. The number of nitrogens with one attached hydrogen (secondary N) is 1. The van der Waals surface area contributed by atoms with Crippen molar-refractivity contribution in [2.45, 2.75) is 32.8 Å². The molecule has 0 spiro atoms. The number of nitrogens with zero attached hydrogens (tertiary/aromatic N) is 3. The quantitative estimate of drug-likeness (QED) is 0.883. The molecular formula is C17H22N4O2. The fraction of sp³-hybridized carbons (Fsp3) is 0.471. The lowest BCUT2D eigenvalue weighted by Gasteiger charge is -2.16. The average Bonchev–Trinajstić information content (AvgIpc) is 3.06. The highest BCUT2D eigenvalue weighted by molar-refractivity contribution is 5.79. The molecule has 0 bridgehead atoms. The van der Waals surface area contributed by atoms with Crippen molar-refractivity contribution in [1.29, 1.82) is 0 Å². The number of aromatic nitrogens is 3. The second-order valence-corrected chi connectivity index (χ2v) is 6.28. The van der Waals surface area contributed by atoms with Gasteiger partial charge in [0, 0.05) is 42.7 Å². The number of β-amino-alcohol motifs (C(OH)–C–C–N with tert-alkyl or cyclic N) is 1. The van der Waals surface area contributed by atoms with Crippen LogP contribution >= 0.6 is 0 Å². The van der Waals surface area contributed by atoms with Gasteiger partial charge >= 0.3 is 0 Å². The first-order chi connectivity index (χ1) is 11.0. The molecule has 1 amide bonds. The minimum Gasteiger partial charge on any atom is -0.391 e. The topological polar surface area (TPSA) is 82.1 Å². The molecule has 2 aromatic rings. The highest BCUT2D eigenvalue weighted by Gasteiger charge is 2.34. The zero-order valence-electron chi connectivity index (χ0n) is 13.5. The number of carbonyl (C=O) groups excluding carboxylic acids is 1. The van der Waals surface area contributed by atoms with Crippen molar-refractivity contribution in [2.75, 3.05) is 13.1 Å². The van der Waals surface area contributed by atoms with E-state index in [-0.39, 0.29) is 11.8 Å². The molecule has 2 aromatic heterocycles. The fourth-order valence-corrected chi connectivity index (χ4v) is 3.18. The Morgan fingerprint density at radius 1 is 1.35 bits per heavy atom. The Morgan fingerprint density at radius 2 is 2.09 bits per heavy atom. The van der Waals surface area contributed by atoms with E-state index >= 15 is 0 Å². The Morgan fingerprint density at radius 3 is 2.74 bits per heavy atom. The molecule has 122 valence electrons. The first-order valence-corrected chi connectivity index (χ1v) is 7.89. The molecule has 0 aliphatic carbocycles. The van der Waals surface area contributed by atoms with Crippen molar-refractivity contribution < 1.29 is 9.90 Å². The first-order valence-electron chi connectivity index (χ1n) is 7.89. The van der Waals surface area contributed by atoms with Gasteiger partial charge in [-0.2, -0.15) is 5.10 Å². The lowest BCUT2D eigenvalue weighted by atomic mass is 9.97. The fourth-order valence-electron chi connectivity index (χ4n) is 3.18. The molecule has 2 unspecified atom stereocenters. The van der Waals surface area contributed by atoms with E-state index in [1.807, 2.05) is 26.0 Å². The Labute approximate surface area is 135 Å². The molecule has 2 N–H and O–H groups in total. The van der Waals surface area contributed by atoms with Gasteiger partial charge in [0.1, 0.15) is 0 Å². The standard InChI is InChI=1S/C17H22N4O2/c1-11-15(12(2)20-19-11)8-17(23)21-9-14(16(22)10-21)7-13-3-5-18-6-4-13/h3-6,14,16,22H,7-10H2,1-2H3,(H,19,20). The lowest BCUT2D eigenvalue weighted by Crippen LogP contribution is -2.31. The minimum atomic E-state index is -0.473. The van der Waals surface area contributed by atoms with Crippen LogP contribution in [0.15, 0.2) is 24.5 Å². The van der Waals surface area contributed by atoms with Crippen LogP contribution in [0.3, 0.4) is 0 Å². The van der Waals surface area contributed by atoms with E-state index in [4.69, 9.17) is 0 Å². The monoisotopic (exact) mass is 314 g/mol. The third kappa shape index (κ3) is 3.42. The average molecular weight is 314 g/mol. The SMILES string of the molecule is Cc1n[nH]c(C)c1CC(=O)N1CC(O)C(Cc2ccncc2)C1. The molecule has 2 atom stereocenters. The van der Waals surface area contributed by atoms with E-state index in [0.29, 0.717) is 19.5 Å². The number of likely N-dealkylation sites (tertiary alicyclic amines) is 1. The van der Waals surface area contributed by atoms with Gasteiger partial charge in [0.05, 0.1) is 18.2 Å². The number of H-pyrrole nitrogens is 1. The maximum absolute atomic E-state index is 12.5. The number of rotatable bonds is 4. The van der Waals surface area contributed by atoms with Crippen LogP contribution in [0.1, 0.15) is 22.5 Å². The highest BCUT2D eigenvalue weighted by Crippen LogP contribution is 2.22. The molecule has 1 aliphatic rings. The number of hydrogen-bond donors (Lipinski definition) is 2. The molecule has 6 nitrogen and oxygen atoms in total. The molecule has 1 saturated heterocycles. The molecule has 0 aromatic carbocycles. The summed E-state index contributed by atoms with van der Waals surface area (Å²) in [6.07, 6.45) is 4.13. The largest absolute Gasteiger partial charge is 0.391 e. The van der Waals surface area contributed by atoms with Crippen molar-refractivity contribution in [3.8, 4) is 0 Å². The molecule has 1 aliphatic heterocycles. The van der Waals surface area contributed by atoms with Gasteiger partial charge in [0.15, 0.2) is 0 Å². The highest BCUT2D eigenvalue weighted by atomic mass is 16.3. The smallest absolute Gasteiger partial charge is 0.227 e. The van der Waals surface area contributed by atoms with Crippen molar-refractivity contribution in [2.24, 2.45) is 5.92 Å². The van der Waals surface area contributed by atoms with E-state index in [1.54, 1.807) is 17.3 Å². The van der Waals surface area contributed by atoms with Crippen LogP contribution in [0.5, 0.6) is 0 Å². The van der Waals surface area contributed by atoms with Crippen molar-refractivity contribution in [3.63, 3.8) is 0 Å². The first kappa shape index (κ1) is 15.7. The third-order valence-corrected chi connectivity index (χ3v) is 4.62. The van der Waals surface area contributed by atoms with Crippen molar-refractivity contribution in [1.82, 2.24) is 20.1 Å². The van der Waals surface area contributed by atoms with Crippen LogP contribution in [0.4, 0.5) is 0 Å². The molecule has 0 radical (unpaired) electrons. The van der Waals surface area contributed by atoms with Gasteiger partial charge < -0.3 is 10.0 Å². The predicted molar refractivity (Wildman–Crippen MR) is 85.8 cm³/mol. The van der Waals surface area contributed by atoms with Crippen LogP contribution in [-0.4, -0.2) is 50.3 Å². The number of hydrogen-bond acceptors (Lipinski definition) is 4. The summed E-state index contributed by atoms with van der Waals surface area (Å²) in [6, 6.07) is 3.91. The van der Waals surface area contributed by atoms with Gasteiger partial charge in [0.2, 0.25) is 5.91 Å². The lowest BCUT2D eigenvalue weighted by molar-refractivity contribution is -0.129. The van der Waals surface area contributed by atoms with Crippen molar-refractivity contribution in [3.05, 3.63) is 47.0 Å². The van der Waals surface area contributed by atoms with E-state index in [9.17, 15) is 9.90 Å². The molecule has 3 heterocycles. The number of pyridine rings is 1. The Kier molecular flexibility index (Phi) is 4.43. The zero-order chi connectivity index (χ0) is 16.4. The van der Waals surface area contributed by atoms with Gasteiger partial charge in [0.25, 0.3) is 0 Å². The molecule has 1 fully saturated rings. The second kappa shape index (κ2) is 6.50. The summed E-state index contributed by atoms with van der Waals surface area (Å²) < 4.78 is 0. The summed E-state index contributed by atoms with van der Waals surface area (Å²) in [7, 11) is 0. The summed E-state index contributed by atoms with van der Waals surface area (Å²) in [4.78, 5) is 18.3. The molecule has 0 saturated carbocycles. The summed E-state index contributed by atoms with van der Waals surface area (Å²) in [5, 5.41) is 17.3. The van der Waals surface area contributed by atoms with E-state index in [2.05, 4.69) is 15.2 Å². The second-order valence-electron chi connectivity index (χ2n) is 6.28. The Bertz CT molecular complexity index is 664. The Hall–Kier alpha value is -2.21. The number of carbonyl (C=O) groups is 1. The maximum atomic E-state index is 12.5. The number of aryl methyl sites for hydroxylation is 2. The van der Waals surface area contributed by atoms with Crippen molar-refractivity contribution >= 4 is 5.91 Å². The number of aromatic amines is 1. The summed E-state index contributed by atoms with van der Waals surface area (Å²) in [6.45, 7) is 4.83. The van der Waals surface area contributed by atoms with Gasteiger partial charge in [-0.05, 0) is 38.0 Å². The zero-order valence-corrected chi connectivity index (χ0v) is 13.5. The van der Waals surface area contributed by atoms with Crippen LogP contribution in [0.2, 0.25) is 0 Å². The molecule has 3 rings (SSSR count). The van der Waals surface area contributed by atoms with Crippen LogP contribution in [-0.2, 0) is 17.6 Å². The predicted octanol–water partition coefficient (Wildman–Crippen LogP) is 1.03. The summed E-state index contributed by atoms with van der Waals surface area (Å²) >= 11 is 0. The third-order valence-electron chi connectivity index (χ3n) is 4.62. The minimum absolute atomic E-state index is 0.0499. The van der Waals surface area contributed by atoms with Gasteiger partial charge in [-0.1, -0.05) is 0 Å². The van der Waals surface area contributed by atoms with Gasteiger partial charge in [-0.25, -0.2) is 0 Å². The van der Waals surface area contributed by atoms with Crippen LogP contribution < -0.4 is 0 Å². The summed E-state index contributed by atoms with van der Waals surface area (Å²) in [5.41, 5.74) is 3.90. The summed E-state index contributed by atoms with van der Waals surface area (Å²) in [5.74, 6) is 0.127. The number of aliphatic hydroxyl groups is 1. The molecule has 6 heteroatoms. The van der Waals surface area contributed by atoms with Gasteiger partial charge in [-0.3, -0.25) is 14.9 Å². The van der Waals surface area contributed by atoms with E-state index < -0.39 is 6.10 Å². The van der Waals surface area contributed by atoms with E-state index in [1.165, 1.54) is 0 Å². The number of aliphatic hydroxyl groups excluding tert-OH is 1. The number of amides is 1.